The Bertz CT molecular complexity index is 1120. The van der Waals surface area contributed by atoms with Gasteiger partial charge in [0.25, 0.3) is 5.91 Å². The highest BCUT2D eigenvalue weighted by Gasteiger charge is 2.60. The molecule has 0 N–H and O–H groups in total. The highest BCUT2D eigenvalue weighted by molar-refractivity contribution is 9.10. The van der Waals surface area contributed by atoms with E-state index in [9.17, 15) is 9.59 Å². The topological polar surface area (TPSA) is 49.9 Å². The summed E-state index contributed by atoms with van der Waals surface area (Å²) in [7, 11) is 0. The number of hydroxylamine groups is 1. The summed E-state index contributed by atoms with van der Waals surface area (Å²) in [4.78, 5) is 34.1. The fourth-order valence-electron chi connectivity index (χ4n) is 4.08. The second kappa shape index (κ2) is 7.54. The van der Waals surface area contributed by atoms with Crippen molar-refractivity contribution in [2.75, 3.05) is 9.96 Å². The maximum absolute atomic E-state index is 13.5. The zero-order valence-electron chi connectivity index (χ0n) is 15.6. The third kappa shape index (κ3) is 3.03. The fourth-order valence-corrected chi connectivity index (χ4v) is 4.67. The first-order valence-electron chi connectivity index (χ1n) is 9.45. The molecule has 7 heteroatoms. The molecule has 3 aromatic rings. The monoisotopic (exact) mass is 482 g/mol. The molecule has 5 nitrogen and oxygen atoms in total. The van der Waals surface area contributed by atoms with Crippen molar-refractivity contribution in [2.45, 2.75) is 12.1 Å². The van der Waals surface area contributed by atoms with Crippen LogP contribution in [0.25, 0.3) is 0 Å². The van der Waals surface area contributed by atoms with Gasteiger partial charge in [-0.3, -0.25) is 14.4 Å². The first-order valence-corrected chi connectivity index (χ1v) is 10.6. The van der Waals surface area contributed by atoms with Crippen molar-refractivity contribution in [3.63, 3.8) is 0 Å². The Balaban J connectivity index is 1.60. The quantitative estimate of drug-likeness (QED) is 0.483. The lowest BCUT2D eigenvalue weighted by Gasteiger charge is -2.29. The minimum Gasteiger partial charge on any atom is -0.273 e. The van der Waals surface area contributed by atoms with Crippen LogP contribution in [0.4, 0.5) is 11.4 Å². The third-order valence-electron chi connectivity index (χ3n) is 5.43. The predicted molar refractivity (Wildman–Crippen MR) is 118 cm³/mol. The van der Waals surface area contributed by atoms with Gasteiger partial charge in [-0.05, 0) is 57.9 Å². The molecular weight excluding hydrogens is 468 g/mol. The first kappa shape index (κ1) is 19.3. The van der Waals surface area contributed by atoms with Crippen LogP contribution in [0.5, 0.6) is 0 Å². The highest BCUT2D eigenvalue weighted by atomic mass is 79.9. The summed E-state index contributed by atoms with van der Waals surface area (Å²) in [6.07, 6.45) is -0.898. The van der Waals surface area contributed by atoms with Crippen LogP contribution in [-0.4, -0.2) is 17.9 Å². The van der Waals surface area contributed by atoms with E-state index < -0.39 is 18.1 Å². The van der Waals surface area contributed by atoms with E-state index in [1.165, 1.54) is 4.90 Å². The lowest BCUT2D eigenvalue weighted by molar-refractivity contribution is -0.126. The Morgan fingerprint density at radius 3 is 2.20 bits per heavy atom. The first-order chi connectivity index (χ1) is 14.6. The van der Waals surface area contributed by atoms with Crippen molar-refractivity contribution >= 4 is 50.7 Å². The van der Waals surface area contributed by atoms with Crippen LogP contribution in [0.3, 0.4) is 0 Å². The number of hydrogen-bond donors (Lipinski definition) is 0. The Hall–Kier alpha value is -2.67. The fraction of sp³-hybridized carbons (Fsp3) is 0.130. The third-order valence-corrected chi connectivity index (χ3v) is 6.35. The number of rotatable bonds is 3. The van der Waals surface area contributed by atoms with Crippen LogP contribution in [0, 0.1) is 5.92 Å². The normalized spacial score (nSPS) is 23.2. The predicted octanol–water partition coefficient (Wildman–Crippen LogP) is 5.15. The molecule has 2 heterocycles. The van der Waals surface area contributed by atoms with E-state index in [-0.39, 0.29) is 11.8 Å². The van der Waals surface area contributed by atoms with E-state index in [1.807, 2.05) is 48.5 Å². The van der Waals surface area contributed by atoms with E-state index in [0.717, 1.165) is 11.3 Å². The molecule has 0 bridgehead atoms. The summed E-state index contributed by atoms with van der Waals surface area (Å²) >= 11 is 9.52. The smallest absolute Gasteiger partial charge is 0.266 e. The van der Waals surface area contributed by atoms with Gasteiger partial charge in [0.2, 0.25) is 5.91 Å². The van der Waals surface area contributed by atoms with E-state index >= 15 is 0 Å². The molecule has 150 valence electrons. The molecule has 3 aromatic carbocycles. The van der Waals surface area contributed by atoms with Crippen molar-refractivity contribution in [1.29, 1.82) is 0 Å². The number of carbonyl (C=O) groups excluding carboxylic acids is 2. The minimum absolute atomic E-state index is 0.282. The van der Waals surface area contributed by atoms with Crippen LogP contribution in [0.2, 0.25) is 5.02 Å². The van der Waals surface area contributed by atoms with Gasteiger partial charge in [-0.15, -0.1) is 0 Å². The summed E-state index contributed by atoms with van der Waals surface area (Å²) in [5.74, 6) is -1.32. The van der Waals surface area contributed by atoms with Crippen molar-refractivity contribution in [1.82, 2.24) is 0 Å². The Labute approximate surface area is 186 Å². The lowest BCUT2D eigenvalue weighted by atomic mass is 9.90. The average Bonchev–Trinajstić information content (AvgIpc) is 3.26. The Morgan fingerprint density at radius 1 is 0.833 bits per heavy atom. The van der Waals surface area contributed by atoms with Crippen LogP contribution < -0.4 is 9.96 Å². The molecule has 0 aliphatic carbocycles. The van der Waals surface area contributed by atoms with Gasteiger partial charge in [-0.2, -0.15) is 0 Å². The van der Waals surface area contributed by atoms with Gasteiger partial charge in [0, 0.05) is 9.50 Å². The molecule has 0 aromatic heterocycles. The van der Waals surface area contributed by atoms with E-state index in [4.69, 9.17) is 16.4 Å². The summed E-state index contributed by atoms with van der Waals surface area (Å²) in [6.45, 7) is 0. The maximum Gasteiger partial charge on any atom is 0.266 e. The lowest BCUT2D eigenvalue weighted by Crippen LogP contribution is -2.37. The Morgan fingerprint density at radius 2 is 1.50 bits per heavy atom. The van der Waals surface area contributed by atoms with Gasteiger partial charge < -0.3 is 0 Å². The number of para-hydroxylation sites is 2. The summed E-state index contributed by atoms with van der Waals surface area (Å²) < 4.78 is 0.676. The van der Waals surface area contributed by atoms with Gasteiger partial charge in [0.1, 0.15) is 5.92 Å². The zero-order valence-corrected chi connectivity index (χ0v) is 18.0. The van der Waals surface area contributed by atoms with E-state index in [1.54, 1.807) is 35.4 Å². The molecule has 0 unspecified atom stereocenters. The molecule has 2 aliphatic heterocycles. The number of amides is 2. The second-order valence-electron chi connectivity index (χ2n) is 7.17. The molecule has 0 saturated carbocycles. The highest BCUT2D eigenvalue weighted by Crippen LogP contribution is 2.48. The number of imide groups is 1. The SMILES string of the molecule is O=C1[C@@H]2[C@@H](ON(c3ccccc3)[C@H]2c2ccc(Cl)cc2)C(=O)N1c1ccccc1Br. The van der Waals surface area contributed by atoms with Crippen molar-refractivity contribution in [2.24, 2.45) is 5.92 Å². The largest absolute Gasteiger partial charge is 0.273 e. The van der Waals surface area contributed by atoms with Crippen LogP contribution in [-0.2, 0) is 14.4 Å². The van der Waals surface area contributed by atoms with Crippen LogP contribution >= 0.6 is 27.5 Å². The molecule has 0 radical (unpaired) electrons. The standard InChI is InChI=1S/C23H16BrClN2O3/c24-17-8-4-5-9-18(17)26-22(28)19-20(14-10-12-15(25)13-11-14)27(30-21(19)23(26)29)16-6-2-1-3-7-16/h1-13,19-21H/t19-,20-,21+/m0/s1. The van der Waals surface area contributed by atoms with Gasteiger partial charge in [0.05, 0.1) is 17.4 Å². The summed E-state index contributed by atoms with van der Waals surface area (Å²) in [5, 5.41) is 2.27. The van der Waals surface area contributed by atoms with Crippen molar-refractivity contribution in [3.05, 3.63) is 93.9 Å². The average molecular weight is 484 g/mol. The van der Waals surface area contributed by atoms with E-state index in [2.05, 4.69) is 15.9 Å². The number of hydrogen-bond acceptors (Lipinski definition) is 4. The molecule has 5 rings (SSSR count). The zero-order chi connectivity index (χ0) is 20.8. The molecule has 2 saturated heterocycles. The summed E-state index contributed by atoms with van der Waals surface area (Å²) in [5.41, 5.74) is 2.15. The van der Waals surface area contributed by atoms with Crippen molar-refractivity contribution < 1.29 is 14.4 Å². The molecule has 2 aliphatic rings. The molecule has 2 amide bonds. The molecule has 3 atom stereocenters. The maximum atomic E-state index is 13.5. The number of halogens is 2. The number of fused-ring (bicyclic) bond motifs is 1. The molecule has 0 spiro atoms. The number of benzene rings is 3. The van der Waals surface area contributed by atoms with Crippen molar-refractivity contribution in [3.8, 4) is 0 Å². The van der Waals surface area contributed by atoms with E-state index in [0.29, 0.717) is 15.2 Å². The van der Waals surface area contributed by atoms with Crippen LogP contribution in [0.15, 0.2) is 83.3 Å². The minimum atomic E-state index is -0.898. The van der Waals surface area contributed by atoms with Gasteiger partial charge >= 0.3 is 0 Å². The van der Waals surface area contributed by atoms with Gasteiger partial charge in [-0.1, -0.05) is 54.1 Å². The summed E-state index contributed by atoms with van der Waals surface area (Å²) in [6, 6.07) is 23.5. The molecule has 2 fully saturated rings. The van der Waals surface area contributed by atoms with Crippen LogP contribution in [0.1, 0.15) is 11.6 Å². The number of nitrogens with zero attached hydrogens (tertiary/aromatic N) is 2. The molecule has 30 heavy (non-hydrogen) atoms. The van der Waals surface area contributed by atoms with Gasteiger partial charge in [-0.25, -0.2) is 9.96 Å². The second-order valence-corrected chi connectivity index (χ2v) is 8.46. The number of anilines is 2. The van der Waals surface area contributed by atoms with Gasteiger partial charge in [0.15, 0.2) is 6.10 Å². The molecular formula is C23H16BrClN2O3. The number of carbonyl (C=O) groups is 2. The Kier molecular flexibility index (Phi) is 4.85.